The topological polar surface area (TPSA) is 102 Å². The predicted molar refractivity (Wildman–Crippen MR) is 117 cm³/mol. The summed E-state index contributed by atoms with van der Waals surface area (Å²) >= 11 is 0. The fourth-order valence-electron chi connectivity index (χ4n) is 4.58. The number of methoxy groups -OCH3 is 1. The quantitative estimate of drug-likeness (QED) is 0.496. The first kappa shape index (κ1) is 20.7. The summed E-state index contributed by atoms with van der Waals surface area (Å²) in [5, 5.41) is 20.7. The second kappa shape index (κ2) is 8.07. The number of amides is 1. The van der Waals surface area contributed by atoms with Crippen LogP contribution in [-0.2, 0) is 9.47 Å². The van der Waals surface area contributed by atoms with Crippen LogP contribution in [0.3, 0.4) is 0 Å². The van der Waals surface area contributed by atoms with Crippen molar-refractivity contribution in [3.05, 3.63) is 53.1 Å². The fourth-order valence-corrected chi connectivity index (χ4v) is 4.58. The Hall–Kier alpha value is -3.17. The Morgan fingerprint density at radius 1 is 1.28 bits per heavy atom. The molecule has 1 N–H and O–H groups in total. The number of carbonyl (C=O) groups is 1. The summed E-state index contributed by atoms with van der Waals surface area (Å²) in [6.07, 6.45) is 5.54. The van der Waals surface area contributed by atoms with E-state index in [1.54, 1.807) is 25.1 Å². The van der Waals surface area contributed by atoms with Crippen LogP contribution in [0.15, 0.2) is 36.5 Å². The molecule has 1 aromatic carbocycles. The molecule has 0 unspecified atom stereocenters. The summed E-state index contributed by atoms with van der Waals surface area (Å²) in [4.78, 5) is 12.7. The number of nitrogens with one attached hydrogen (secondary N) is 1. The van der Waals surface area contributed by atoms with Crippen LogP contribution < -0.4 is 14.8 Å². The average Bonchev–Trinajstić information content (AvgIpc) is 3.42. The number of fused-ring (bicyclic) bond motifs is 1. The third-order valence-corrected chi connectivity index (χ3v) is 6.36. The van der Waals surface area contributed by atoms with Gasteiger partial charge in [-0.2, -0.15) is 9.83 Å². The van der Waals surface area contributed by atoms with Gasteiger partial charge in [-0.05, 0) is 25.0 Å². The van der Waals surface area contributed by atoms with Crippen LogP contribution in [0, 0.1) is 12.1 Å². The first-order valence-electron chi connectivity index (χ1n) is 10.8. The lowest BCUT2D eigenvalue weighted by Gasteiger charge is -2.35. The van der Waals surface area contributed by atoms with Crippen LogP contribution in [-0.4, -0.2) is 41.8 Å². The molecule has 2 fully saturated rings. The number of pyridine rings is 1. The monoisotopic (exact) mass is 438 g/mol. The highest BCUT2D eigenvalue weighted by atomic mass is 16.7. The number of anilines is 1. The number of hydrogen-bond donors (Lipinski definition) is 1. The van der Waals surface area contributed by atoms with E-state index < -0.39 is 11.7 Å². The van der Waals surface area contributed by atoms with Gasteiger partial charge in [-0.15, -0.1) is 0 Å². The Morgan fingerprint density at radius 3 is 2.75 bits per heavy atom. The van der Waals surface area contributed by atoms with Gasteiger partial charge in [0.25, 0.3) is 5.69 Å². The lowest BCUT2D eigenvalue weighted by atomic mass is 9.90. The highest BCUT2D eigenvalue weighted by molar-refractivity contribution is 6.04. The van der Waals surface area contributed by atoms with Crippen molar-refractivity contribution in [3.63, 3.8) is 0 Å². The normalized spacial score (nSPS) is 18.3. The molecule has 0 radical (unpaired) electrons. The van der Waals surface area contributed by atoms with E-state index in [2.05, 4.69) is 5.32 Å². The summed E-state index contributed by atoms with van der Waals surface area (Å²) in [5.74, 6) is -0.419. The number of benzene rings is 1. The first-order chi connectivity index (χ1) is 15.5. The van der Waals surface area contributed by atoms with Gasteiger partial charge in [0, 0.05) is 49.5 Å². The average molecular weight is 438 g/mol. The molecule has 168 valence electrons. The molecule has 1 amide bonds. The van der Waals surface area contributed by atoms with Crippen molar-refractivity contribution in [2.75, 3.05) is 25.6 Å². The van der Waals surface area contributed by atoms with Crippen LogP contribution in [0.1, 0.15) is 47.9 Å². The van der Waals surface area contributed by atoms with Gasteiger partial charge in [0.05, 0.1) is 37.6 Å². The molecule has 9 nitrogen and oxygen atoms in total. The maximum Gasteiger partial charge on any atom is 0.321 e. The lowest BCUT2D eigenvalue weighted by Crippen LogP contribution is -2.39. The second-order valence-electron chi connectivity index (χ2n) is 8.36. The minimum Gasteiger partial charge on any atom is -0.618 e. The Balaban J connectivity index is 1.39. The lowest BCUT2D eigenvalue weighted by molar-refractivity contribution is -0.614. The fraction of sp³-hybridized carbons (Fsp3) is 0.435. The van der Waals surface area contributed by atoms with E-state index >= 15 is 0 Å². The second-order valence-corrected chi connectivity index (χ2v) is 8.36. The molecular formula is C23H26N4O5. The van der Waals surface area contributed by atoms with Crippen molar-refractivity contribution < 1.29 is 23.7 Å². The summed E-state index contributed by atoms with van der Waals surface area (Å²) in [6.45, 7) is 2.99. The summed E-state index contributed by atoms with van der Waals surface area (Å²) in [5.41, 5.74) is 1.74. The largest absolute Gasteiger partial charge is 0.618 e. The minimum absolute atomic E-state index is 0.0235. The molecule has 3 heterocycles. The number of hydrogen-bond acceptors (Lipinski definition) is 6. The molecule has 3 aromatic rings. The van der Waals surface area contributed by atoms with E-state index in [9.17, 15) is 10.0 Å². The molecular weight excluding hydrogens is 412 g/mol. The van der Waals surface area contributed by atoms with Gasteiger partial charge in [-0.3, -0.25) is 9.48 Å². The van der Waals surface area contributed by atoms with Crippen molar-refractivity contribution in [1.29, 1.82) is 0 Å². The molecule has 1 spiro atoms. The highest BCUT2D eigenvalue weighted by Crippen LogP contribution is 2.40. The zero-order valence-corrected chi connectivity index (χ0v) is 18.2. The van der Waals surface area contributed by atoms with E-state index in [1.165, 1.54) is 13.2 Å². The Morgan fingerprint density at radius 2 is 2.03 bits per heavy atom. The molecule has 0 atom stereocenters. The highest BCUT2D eigenvalue weighted by Gasteiger charge is 2.40. The van der Waals surface area contributed by atoms with Gasteiger partial charge in [-0.25, -0.2) is 0 Å². The first-order valence-corrected chi connectivity index (χ1v) is 10.8. The molecule has 9 heteroatoms. The van der Waals surface area contributed by atoms with Crippen LogP contribution >= 0.6 is 0 Å². The predicted octanol–water partition coefficient (Wildman–Crippen LogP) is 3.10. The zero-order valence-electron chi connectivity index (χ0n) is 18.2. The zero-order chi connectivity index (χ0) is 22.3. The van der Waals surface area contributed by atoms with Crippen molar-refractivity contribution in [1.82, 2.24) is 9.78 Å². The van der Waals surface area contributed by atoms with Crippen molar-refractivity contribution in [3.8, 4) is 5.75 Å². The van der Waals surface area contributed by atoms with Crippen LogP contribution in [0.5, 0.6) is 5.75 Å². The molecule has 1 aliphatic carbocycles. The van der Waals surface area contributed by atoms with E-state index in [1.807, 2.05) is 16.9 Å². The van der Waals surface area contributed by atoms with Crippen molar-refractivity contribution >= 4 is 22.5 Å². The van der Waals surface area contributed by atoms with Gasteiger partial charge < -0.3 is 24.7 Å². The number of aryl methyl sites for hydroxylation is 1. The standard InChI is InChI=1S/C23H26N4O5/c1-15-4-3-5-20(27(15)29)22(28)24-19-12-16-14-26(25-18(16)13-21(19)30-2)17-6-8-23(9-7-17)31-10-11-32-23/h3-5,12-14,17H,6-11H2,1-2H3,(H,24,28). The molecule has 2 aliphatic rings. The molecule has 1 saturated heterocycles. The third-order valence-electron chi connectivity index (χ3n) is 6.36. The van der Waals surface area contributed by atoms with E-state index in [-0.39, 0.29) is 11.7 Å². The minimum atomic E-state index is -0.497. The molecule has 2 aromatic heterocycles. The number of nitrogens with zero attached hydrogens (tertiary/aromatic N) is 3. The molecule has 32 heavy (non-hydrogen) atoms. The number of rotatable bonds is 4. The molecule has 5 rings (SSSR count). The van der Waals surface area contributed by atoms with Crippen LogP contribution in [0.4, 0.5) is 5.69 Å². The van der Waals surface area contributed by atoms with Crippen LogP contribution in [0.2, 0.25) is 0 Å². The third kappa shape index (κ3) is 3.67. The Labute approximate surface area is 185 Å². The van der Waals surface area contributed by atoms with Gasteiger partial charge in [0.1, 0.15) is 5.75 Å². The maximum absolute atomic E-state index is 12.7. The van der Waals surface area contributed by atoms with Gasteiger partial charge in [0.2, 0.25) is 0 Å². The smallest absolute Gasteiger partial charge is 0.321 e. The van der Waals surface area contributed by atoms with Crippen LogP contribution in [0.25, 0.3) is 10.9 Å². The van der Waals surface area contributed by atoms with Gasteiger partial charge in [0.15, 0.2) is 11.5 Å². The molecule has 1 aliphatic heterocycles. The van der Waals surface area contributed by atoms with E-state index in [4.69, 9.17) is 19.3 Å². The SMILES string of the molecule is COc1cc2nn(C3CCC4(CC3)OCCO4)cc2cc1NC(=O)c1cccc(C)[n+]1[O-]. The number of ether oxygens (including phenoxy) is 3. The summed E-state index contributed by atoms with van der Waals surface area (Å²) in [7, 11) is 1.54. The van der Waals surface area contributed by atoms with E-state index in [0.717, 1.165) is 36.6 Å². The summed E-state index contributed by atoms with van der Waals surface area (Å²) < 4.78 is 19.7. The number of carbonyl (C=O) groups excluding carboxylic acids is 1. The summed E-state index contributed by atoms with van der Waals surface area (Å²) in [6, 6.07) is 8.72. The van der Waals surface area contributed by atoms with Gasteiger partial charge >= 0.3 is 5.91 Å². The maximum atomic E-state index is 12.7. The van der Waals surface area contributed by atoms with Gasteiger partial charge in [-0.1, -0.05) is 0 Å². The Bertz CT molecular complexity index is 1160. The Kier molecular flexibility index (Phi) is 5.22. The molecule has 1 saturated carbocycles. The number of aromatic nitrogens is 3. The van der Waals surface area contributed by atoms with Crippen molar-refractivity contribution in [2.24, 2.45) is 0 Å². The van der Waals surface area contributed by atoms with Crippen molar-refractivity contribution in [2.45, 2.75) is 44.4 Å². The molecule has 0 bridgehead atoms. The van der Waals surface area contributed by atoms with E-state index in [0.29, 0.717) is 35.1 Å².